The van der Waals surface area contributed by atoms with Crippen LogP contribution in [0.2, 0.25) is 0 Å². The molecule has 0 bridgehead atoms. The van der Waals surface area contributed by atoms with E-state index in [2.05, 4.69) is 267 Å². The predicted molar refractivity (Wildman–Crippen MR) is 310 cm³/mol. The summed E-state index contributed by atoms with van der Waals surface area (Å²) in [5, 5.41) is 0. The van der Waals surface area contributed by atoms with Gasteiger partial charge in [0.1, 0.15) is 0 Å². The van der Waals surface area contributed by atoms with E-state index >= 15 is 0 Å². The van der Waals surface area contributed by atoms with Gasteiger partial charge in [-0.3, -0.25) is 0 Å². The number of anilines is 6. The number of rotatable bonds is 6. The predicted octanol–water partition coefficient (Wildman–Crippen LogP) is 17.1. The fraction of sp³-hybridized carbons (Fsp3) is 0.382. The molecular weight excluding hydrogens is 856 g/mol. The number of fused-ring (bicyclic) bond motifs is 5. The zero-order valence-electron chi connectivity index (χ0n) is 46.2. The minimum Gasteiger partial charge on any atom is -0.311 e. The zero-order valence-corrected chi connectivity index (χ0v) is 46.2. The summed E-state index contributed by atoms with van der Waals surface area (Å²) in [6.07, 6.45) is 2.32. The van der Waals surface area contributed by atoms with Crippen LogP contribution in [0.25, 0.3) is 11.1 Å². The normalized spacial score (nSPS) is 16.1. The summed E-state index contributed by atoms with van der Waals surface area (Å²) in [6, 6.07) is 55.3. The molecule has 364 valence electrons. The Balaban J connectivity index is 1.36. The molecule has 0 amide bonds. The summed E-state index contributed by atoms with van der Waals surface area (Å²) in [5.41, 5.74) is 25.0. The molecule has 7 aromatic rings. The highest BCUT2D eigenvalue weighted by molar-refractivity contribution is 7.00. The van der Waals surface area contributed by atoms with Crippen LogP contribution in [0.4, 0.5) is 34.1 Å². The third-order valence-electron chi connectivity index (χ3n) is 17.1. The van der Waals surface area contributed by atoms with Crippen LogP contribution in [0.1, 0.15) is 181 Å². The van der Waals surface area contributed by atoms with Crippen molar-refractivity contribution >= 4 is 57.2 Å². The Morgan fingerprint density at radius 3 is 1.59 bits per heavy atom. The van der Waals surface area contributed by atoms with E-state index < -0.39 is 0 Å². The van der Waals surface area contributed by atoms with Gasteiger partial charge in [-0.05, 0) is 161 Å². The molecule has 0 spiro atoms. The summed E-state index contributed by atoms with van der Waals surface area (Å²) in [7, 11) is 0. The molecule has 0 atom stereocenters. The first-order chi connectivity index (χ1) is 33.2. The second-order valence-electron chi connectivity index (χ2n) is 26.8. The average Bonchev–Trinajstić information content (AvgIpc) is 3.31. The maximum absolute atomic E-state index is 2.72. The fourth-order valence-corrected chi connectivity index (χ4v) is 12.0. The monoisotopic (exact) mass is 935 g/mol. The van der Waals surface area contributed by atoms with Gasteiger partial charge < -0.3 is 9.80 Å². The number of benzene rings is 7. The van der Waals surface area contributed by atoms with Gasteiger partial charge in [-0.2, -0.15) is 0 Å². The molecule has 3 aliphatic rings. The van der Waals surface area contributed by atoms with Crippen LogP contribution in [0.3, 0.4) is 0 Å². The summed E-state index contributed by atoms with van der Waals surface area (Å²) < 4.78 is 0. The Hall–Kier alpha value is -5.80. The van der Waals surface area contributed by atoms with Crippen molar-refractivity contribution in [3.05, 3.63) is 184 Å². The molecule has 2 heterocycles. The summed E-state index contributed by atoms with van der Waals surface area (Å²) in [5.74, 6) is 0.292. The molecule has 1 aliphatic carbocycles. The topological polar surface area (TPSA) is 6.48 Å². The lowest BCUT2D eigenvalue weighted by molar-refractivity contribution is 0.332. The molecule has 0 radical (unpaired) electrons. The van der Waals surface area contributed by atoms with Gasteiger partial charge in [0, 0.05) is 39.4 Å². The first-order valence-corrected chi connectivity index (χ1v) is 26.7. The zero-order chi connectivity index (χ0) is 51.0. The van der Waals surface area contributed by atoms with Gasteiger partial charge in [0.05, 0.1) is 5.69 Å². The highest BCUT2D eigenvalue weighted by Gasteiger charge is 2.47. The summed E-state index contributed by atoms with van der Waals surface area (Å²) in [4.78, 5) is 5.38. The highest BCUT2D eigenvalue weighted by atomic mass is 15.2. The van der Waals surface area contributed by atoms with Crippen LogP contribution >= 0.6 is 0 Å². The summed E-state index contributed by atoms with van der Waals surface area (Å²) in [6.45, 7) is 40.6. The Morgan fingerprint density at radius 2 is 0.972 bits per heavy atom. The van der Waals surface area contributed by atoms with Crippen molar-refractivity contribution in [2.75, 3.05) is 9.80 Å². The van der Waals surface area contributed by atoms with Crippen molar-refractivity contribution in [2.45, 2.75) is 169 Å². The molecule has 7 aromatic carbocycles. The van der Waals surface area contributed by atoms with Gasteiger partial charge in [0.25, 0.3) is 6.71 Å². The Morgan fingerprint density at radius 1 is 0.437 bits per heavy atom. The smallest absolute Gasteiger partial charge is 0.252 e. The lowest BCUT2D eigenvalue weighted by Gasteiger charge is -2.48. The lowest BCUT2D eigenvalue weighted by atomic mass is 9.33. The SMILES string of the molecule is CC(C)c1cc2c3c(c1)N(c1ccc(C(C)(C)C)cc1-c1cccc(C(C)(C)C)c1)c1cc4c(cc1B3c1ccc(C(C)(C)c3ccccc3)cc1N2c1cccc(C(C)(C)C)c1)C(C)(C)CCC4(C)C. The van der Waals surface area contributed by atoms with Crippen LogP contribution in [0.5, 0.6) is 0 Å². The Labute approximate surface area is 429 Å². The van der Waals surface area contributed by atoms with Crippen molar-refractivity contribution in [1.82, 2.24) is 0 Å². The Bertz CT molecular complexity index is 3220. The second kappa shape index (κ2) is 16.6. The molecule has 0 aromatic heterocycles. The van der Waals surface area contributed by atoms with E-state index in [1.807, 2.05) is 0 Å². The van der Waals surface area contributed by atoms with Gasteiger partial charge in [-0.25, -0.2) is 0 Å². The molecular formula is C68H79BN2. The molecule has 2 aliphatic heterocycles. The number of nitrogens with zero attached hydrogens (tertiary/aromatic N) is 2. The third-order valence-corrected chi connectivity index (χ3v) is 17.1. The van der Waals surface area contributed by atoms with Gasteiger partial charge in [-0.1, -0.05) is 209 Å². The molecule has 2 nitrogen and oxygen atoms in total. The molecule has 71 heavy (non-hydrogen) atoms. The largest absolute Gasteiger partial charge is 0.311 e. The van der Waals surface area contributed by atoms with E-state index in [0.717, 1.165) is 12.8 Å². The van der Waals surface area contributed by atoms with Crippen LogP contribution in [-0.4, -0.2) is 6.71 Å². The quantitative estimate of drug-likeness (QED) is 0.153. The van der Waals surface area contributed by atoms with Crippen molar-refractivity contribution in [1.29, 1.82) is 0 Å². The van der Waals surface area contributed by atoms with Crippen LogP contribution in [0.15, 0.2) is 140 Å². The second-order valence-corrected chi connectivity index (χ2v) is 26.8. The lowest BCUT2D eigenvalue weighted by Crippen LogP contribution is -2.62. The van der Waals surface area contributed by atoms with Gasteiger partial charge in [0.15, 0.2) is 0 Å². The van der Waals surface area contributed by atoms with Crippen molar-refractivity contribution < 1.29 is 0 Å². The maximum Gasteiger partial charge on any atom is 0.252 e. The van der Waals surface area contributed by atoms with E-state index in [1.165, 1.54) is 106 Å². The van der Waals surface area contributed by atoms with Gasteiger partial charge in [-0.15, -0.1) is 0 Å². The van der Waals surface area contributed by atoms with Gasteiger partial charge >= 0.3 is 0 Å². The first kappa shape index (κ1) is 48.8. The molecule has 0 unspecified atom stereocenters. The Kier molecular flexibility index (Phi) is 11.4. The average molecular weight is 935 g/mol. The molecule has 0 saturated heterocycles. The van der Waals surface area contributed by atoms with Crippen LogP contribution < -0.4 is 26.2 Å². The molecule has 10 rings (SSSR count). The van der Waals surface area contributed by atoms with Crippen molar-refractivity contribution in [3.63, 3.8) is 0 Å². The van der Waals surface area contributed by atoms with E-state index in [0.29, 0.717) is 5.92 Å². The highest BCUT2D eigenvalue weighted by Crippen LogP contribution is 2.53. The minimum absolute atomic E-state index is 0.00217. The van der Waals surface area contributed by atoms with E-state index in [1.54, 1.807) is 0 Å². The van der Waals surface area contributed by atoms with Crippen molar-refractivity contribution in [2.24, 2.45) is 0 Å². The van der Waals surface area contributed by atoms with E-state index in [-0.39, 0.29) is 39.2 Å². The first-order valence-electron chi connectivity index (χ1n) is 26.7. The standard InChI is InChI=1S/C68H79BN2/c1-43(2)45-36-60-62-61(37-45)71(57-32-30-49(65(9,10)11)39-52(57)44-23-21-26-47(35-44)63(3,4)5)59-42-54-53(66(12,13)33-34-67(54,14)15)41-56(59)69(62)55-31-29-50(68(16,17)46-24-19-18-20-25-46)40-58(55)70(60)51-28-22-27-48(38-51)64(6,7)8/h18-32,35-43H,33-34H2,1-17H3. The molecule has 3 heteroatoms. The number of hydrogen-bond acceptors (Lipinski definition) is 2. The molecule has 0 saturated carbocycles. The van der Waals surface area contributed by atoms with Crippen LogP contribution in [0, 0.1) is 0 Å². The van der Waals surface area contributed by atoms with Gasteiger partial charge in [0.2, 0.25) is 0 Å². The molecule has 0 fully saturated rings. The third kappa shape index (κ3) is 8.28. The van der Waals surface area contributed by atoms with Crippen LogP contribution in [-0.2, 0) is 32.5 Å². The molecule has 0 N–H and O–H groups in total. The fourth-order valence-electron chi connectivity index (χ4n) is 12.0. The summed E-state index contributed by atoms with van der Waals surface area (Å²) >= 11 is 0. The minimum atomic E-state index is -0.226. The van der Waals surface area contributed by atoms with E-state index in [4.69, 9.17) is 0 Å². The number of hydrogen-bond donors (Lipinski definition) is 0. The maximum atomic E-state index is 2.72. The van der Waals surface area contributed by atoms with E-state index in [9.17, 15) is 0 Å². The van der Waals surface area contributed by atoms with Crippen molar-refractivity contribution in [3.8, 4) is 11.1 Å².